The van der Waals surface area contributed by atoms with Crippen LogP contribution in [-0.2, 0) is 22.4 Å². The van der Waals surface area contributed by atoms with Gasteiger partial charge in [0.2, 0.25) is 0 Å². The highest BCUT2D eigenvalue weighted by Gasteiger charge is 2.31. The zero-order valence-electron chi connectivity index (χ0n) is 12.8. The predicted octanol–water partition coefficient (Wildman–Crippen LogP) is 3.21. The molecular weight excluding hydrogens is 359 g/mol. The fraction of sp³-hybridized carbons (Fsp3) is 0.250. The number of pyridine rings is 1. The zero-order chi connectivity index (χ0) is 18.7. The molecule has 5 nitrogen and oxygen atoms in total. The molecule has 0 amide bonds. The van der Waals surface area contributed by atoms with E-state index < -0.39 is 38.2 Å². The third-order valence-electron chi connectivity index (χ3n) is 3.47. The average Bonchev–Trinajstić information content (AvgIpc) is 2.54. The predicted molar refractivity (Wildman–Crippen MR) is 83.0 cm³/mol. The van der Waals surface area contributed by atoms with Crippen molar-refractivity contribution >= 4 is 15.8 Å². The van der Waals surface area contributed by atoms with Gasteiger partial charge in [0.15, 0.2) is 9.84 Å². The van der Waals surface area contributed by atoms with Gasteiger partial charge in [0.05, 0.1) is 27.5 Å². The lowest BCUT2D eigenvalue weighted by atomic mass is 10.1. The number of alkyl halides is 3. The highest BCUT2D eigenvalue weighted by molar-refractivity contribution is 7.91. The van der Waals surface area contributed by atoms with Crippen LogP contribution in [0.1, 0.15) is 28.0 Å². The first kappa shape index (κ1) is 18.9. The summed E-state index contributed by atoms with van der Waals surface area (Å²) in [6.07, 6.45) is -3.12. The van der Waals surface area contributed by atoms with Gasteiger partial charge in [0.1, 0.15) is 0 Å². The largest absolute Gasteiger partial charge is 0.478 e. The number of carbonyl (C=O) groups is 1. The number of benzene rings is 1. The zero-order valence-corrected chi connectivity index (χ0v) is 13.6. The van der Waals surface area contributed by atoms with Gasteiger partial charge in [-0.25, -0.2) is 13.2 Å². The van der Waals surface area contributed by atoms with Crippen LogP contribution in [0.3, 0.4) is 0 Å². The lowest BCUT2D eigenvalue weighted by Crippen LogP contribution is -2.12. The van der Waals surface area contributed by atoms with Crippen molar-refractivity contribution in [3.05, 3.63) is 59.4 Å². The molecule has 1 heterocycles. The molecule has 0 unspecified atom stereocenters. The van der Waals surface area contributed by atoms with E-state index in [2.05, 4.69) is 4.98 Å². The Labute approximate surface area is 142 Å². The number of aromatic carboxylic acids is 1. The molecule has 0 radical (unpaired) electrons. The van der Waals surface area contributed by atoms with Gasteiger partial charge in [-0.15, -0.1) is 0 Å². The van der Waals surface area contributed by atoms with E-state index in [1.807, 2.05) is 0 Å². The molecule has 0 aliphatic heterocycles. The van der Waals surface area contributed by atoms with E-state index in [1.54, 1.807) is 0 Å². The first-order valence-electron chi connectivity index (χ1n) is 7.18. The Kier molecular flexibility index (Phi) is 5.46. The number of carboxylic acid groups (broad SMARTS) is 1. The van der Waals surface area contributed by atoms with Crippen LogP contribution >= 0.6 is 0 Å². The third-order valence-corrected chi connectivity index (χ3v) is 5.27. The quantitative estimate of drug-likeness (QED) is 0.841. The molecule has 1 aromatic heterocycles. The Hall–Kier alpha value is -2.42. The summed E-state index contributed by atoms with van der Waals surface area (Å²) in [5, 5.41) is 9.04. The smallest absolute Gasteiger partial charge is 0.416 e. The number of hydrogen-bond donors (Lipinski definition) is 1. The summed E-state index contributed by atoms with van der Waals surface area (Å²) in [4.78, 5) is 14.6. The van der Waals surface area contributed by atoms with E-state index >= 15 is 0 Å². The highest BCUT2D eigenvalue weighted by Crippen LogP contribution is 2.30. The first-order chi connectivity index (χ1) is 11.6. The van der Waals surface area contributed by atoms with Crippen LogP contribution in [0.25, 0.3) is 0 Å². The lowest BCUT2D eigenvalue weighted by Gasteiger charge is -2.10. The number of hydrogen-bond acceptors (Lipinski definition) is 4. The van der Waals surface area contributed by atoms with Crippen LogP contribution in [-0.4, -0.2) is 30.2 Å². The van der Waals surface area contributed by atoms with Crippen molar-refractivity contribution in [2.24, 2.45) is 0 Å². The van der Waals surface area contributed by atoms with Crippen LogP contribution in [0.5, 0.6) is 0 Å². The Morgan fingerprint density at radius 3 is 2.52 bits per heavy atom. The van der Waals surface area contributed by atoms with Gasteiger partial charge < -0.3 is 5.11 Å². The van der Waals surface area contributed by atoms with E-state index in [0.717, 1.165) is 18.2 Å². The van der Waals surface area contributed by atoms with E-state index in [1.165, 1.54) is 18.3 Å². The fourth-order valence-corrected chi connectivity index (χ4v) is 3.60. The normalized spacial score (nSPS) is 12.1. The van der Waals surface area contributed by atoms with Crippen LogP contribution in [0.2, 0.25) is 0 Å². The van der Waals surface area contributed by atoms with Crippen molar-refractivity contribution in [2.45, 2.75) is 23.9 Å². The summed E-state index contributed by atoms with van der Waals surface area (Å²) in [6.45, 7) is 0. The molecule has 0 fully saturated rings. The van der Waals surface area contributed by atoms with Gasteiger partial charge in [-0.05, 0) is 43.2 Å². The molecule has 1 aromatic carbocycles. The summed E-state index contributed by atoms with van der Waals surface area (Å²) >= 11 is 0. The topological polar surface area (TPSA) is 84.3 Å². The Morgan fingerprint density at radius 1 is 1.16 bits per heavy atom. The molecule has 0 aliphatic rings. The van der Waals surface area contributed by atoms with Crippen LogP contribution in [0.15, 0.2) is 47.5 Å². The minimum Gasteiger partial charge on any atom is -0.478 e. The van der Waals surface area contributed by atoms with Gasteiger partial charge in [-0.3, -0.25) is 4.98 Å². The van der Waals surface area contributed by atoms with Crippen molar-refractivity contribution in [2.75, 3.05) is 5.75 Å². The van der Waals surface area contributed by atoms with E-state index in [9.17, 15) is 26.4 Å². The standard InChI is InChI=1S/C16H14F3NO4S/c17-16(18,19)11-4-1-5-12(10-11)25(23,24)9-3-7-14-13(15(21)22)6-2-8-20-14/h1-2,4-6,8,10H,3,7,9H2,(H,21,22). The molecule has 0 saturated heterocycles. The molecule has 9 heteroatoms. The SMILES string of the molecule is O=C(O)c1cccnc1CCCS(=O)(=O)c1cccc(C(F)(F)F)c1. The maximum Gasteiger partial charge on any atom is 0.416 e. The second-order valence-electron chi connectivity index (χ2n) is 5.25. The van der Waals surface area contributed by atoms with Crippen molar-refractivity contribution in [3.8, 4) is 0 Å². The minimum atomic E-state index is -4.63. The van der Waals surface area contributed by atoms with Gasteiger partial charge in [0, 0.05) is 6.20 Å². The number of nitrogens with zero attached hydrogens (tertiary/aromatic N) is 1. The summed E-state index contributed by atoms with van der Waals surface area (Å²) < 4.78 is 62.5. The molecule has 2 rings (SSSR count). The van der Waals surface area contributed by atoms with Crippen molar-refractivity contribution in [1.82, 2.24) is 4.98 Å². The van der Waals surface area contributed by atoms with Crippen molar-refractivity contribution in [3.63, 3.8) is 0 Å². The van der Waals surface area contributed by atoms with Gasteiger partial charge in [-0.2, -0.15) is 13.2 Å². The van der Waals surface area contributed by atoms with Gasteiger partial charge in [0.25, 0.3) is 0 Å². The Balaban J connectivity index is 2.12. The molecule has 0 aliphatic carbocycles. The number of sulfone groups is 1. The molecule has 0 spiro atoms. The maximum atomic E-state index is 12.7. The molecule has 1 N–H and O–H groups in total. The number of halogens is 3. The number of carboxylic acids is 1. The van der Waals surface area contributed by atoms with Crippen molar-refractivity contribution in [1.29, 1.82) is 0 Å². The molecular formula is C16H14F3NO4S. The molecule has 0 saturated carbocycles. The second-order valence-corrected chi connectivity index (χ2v) is 7.36. The van der Waals surface area contributed by atoms with Crippen LogP contribution < -0.4 is 0 Å². The van der Waals surface area contributed by atoms with E-state index in [-0.39, 0.29) is 24.1 Å². The highest BCUT2D eigenvalue weighted by atomic mass is 32.2. The average molecular weight is 373 g/mol. The molecule has 134 valence electrons. The van der Waals surface area contributed by atoms with Gasteiger partial charge >= 0.3 is 12.1 Å². The molecule has 2 aromatic rings. The first-order valence-corrected chi connectivity index (χ1v) is 8.84. The Bertz CT molecular complexity index is 879. The van der Waals surface area contributed by atoms with Crippen LogP contribution in [0.4, 0.5) is 13.2 Å². The molecule has 0 atom stereocenters. The Morgan fingerprint density at radius 2 is 1.88 bits per heavy atom. The molecule has 0 bridgehead atoms. The van der Waals surface area contributed by atoms with E-state index in [0.29, 0.717) is 6.07 Å². The summed E-state index contributed by atoms with van der Waals surface area (Å²) in [5.41, 5.74) is -0.834. The minimum absolute atomic E-state index is 0.0287. The summed E-state index contributed by atoms with van der Waals surface area (Å²) in [7, 11) is -3.92. The van der Waals surface area contributed by atoms with Gasteiger partial charge in [-0.1, -0.05) is 6.07 Å². The second kappa shape index (κ2) is 7.22. The van der Waals surface area contributed by atoms with E-state index in [4.69, 9.17) is 5.11 Å². The number of rotatable bonds is 6. The molecule has 25 heavy (non-hydrogen) atoms. The third kappa shape index (κ3) is 4.79. The maximum absolute atomic E-state index is 12.7. The monoisotopic (exact) mass is 373 g/mol. The lowest BCUT2D eigenvalue weighted by molar-refractivity contribution is -0.137. The van der Waals surface area contributed by atoms with Crippen molar-refractivity contribution < 1.29 is 31.5 Å². The number of aromatic nitrogens is 1. The number of aryl methyl sites for hydroxylation is 1. The summed E-state index contributed by atoms with van der Waals surface area (Å²) in [6, 6.07) is 6.34. The van der Waals surface area contributed by atoms with Crippen LogP contribution in [0, 0.1) is 0 Å². The summed E-state index contributed by atoms with van der Waals surface area (Å²) in [5.74, 6) is -1.59. The fourth-order valence-electron chi connectivity index (χ4n) is 2.25.